The van der Waals surface area contributed by atoms with Gasteiger partial charge in [-0.15, -0.1) is 0 Å². The second kappa shape index (κ2) is 5.62. The topological polar surface area (TPSA) is 0 Å². The molecule has 0 atom stereocenters. The molecule has 76 valence electrons. The summed E-state index contributed by atoms with van der Waals surface area (Å²) in [6.07, 6.45) is 0. The number of alkyl halides is 1. The lowest BCUT2D eigenvalue weighted by Crippen LogP contribution is -1.83. The van der Waals surface area contributed by atoms with Gasteiger partial charge in [-0.1, -0.05) is 62.3 Å². The Bertz CT molecular complexity index is 369. The molecule has 14 heavy (non-hydrogen) atoms. The van der Waals surface area contributed by atoms with Gasteiger partial charge in [0, 0.05) is 10.4 Å². The molecule has 1 aromatic rings. The Morgan fingerprint density at radius 1 is 1.14 bits per heavy atom. The molecule has 0 aliphatic heterocycles. The monoisotopic (exact) mass is 332 g/mol. The lowest BCUT2D eigenvalue weighted by molar-refractivity contribution is 1.42. The molecule has 1 aromatic carbocycles. The fourth-order valence-electron chi connectivity index (χ4n) is 0.963. The van der Waals surface area contributed by atoms with Crippen LogP contribution < -0.4 is 0 Å². The summed E-state index contributed by atoms with van der Waals surface area (Å²) in [7, 11) is 0. The van der Waals surface area contributed by atoms with Crippen LogP contribution in [0.3, 0.4) is 0 Å². The number of hydrogen-bond acceptors (Lipinski definition) is 0. The maximum absolute atomic E-state index is 5.89. The first kappa shape index (κ1) is 12.7. The fraction of sp³-hybridized carbons (Fsp3) is 0.111. The third-order valence-electron chi connectivity index (χ3n) is 1.53. The van der Waals surface area contributed by atoms with Crippen molar-refractivity contribution in [1.82, 2.24) is 0 Å². The van der Waals surface area contributed by atoms with E-state index in [4.69, 9.17) is 46.4 Å². The Hall–Kier alpha value is 0.600. The van der Waals surface area contributed by atoms with E-state index in [1.807, 2.05) is 12.1 Å². The van der Waals surface area contributed by atoms with E-state index in [2.05, 4.69) is 15.9 Å². The Kier molecular flexibility index (Phi) is 5.09. The first-order valence-electron chi connectivity index (χ1n) is 3.61. The Labute approximate surface area is 111 Å². The van der Waals surface area contributed by atoms with Crippen molar-refractivity contribution in [2.45, 2.75) is 5.33 Å². The summed E-state index contributed by atoms with van der Waals surface area (Å²) >= 11 is 26.2. The van der Waals surface area contributed by atoms with Crippen LogP contribution in [0.4, 0.5) is 0 Å². The Balaban J connectivity index is 3.23. The van der Waals surface area contributed by atoms with E-state index < -0.39 is 0 Å². The molecule has 0 bridgehead atoms. The highest BCUT2D eigenvalue weighted by atomic mass is 79.9. The van der Waals surface area contributed by atoms with Crippen molar-refractivity contribution < 1.29 is 0 Å². The molecule has 0 unspecified atom stereocenters. The van der Waals surface area contributed by atoms with Crippen molar-refractivity contribution in [3.8, 4) is 0 Å². The molecule has 0 aromatic heterocycles. The third kappa shape index (κ3) is 3.32. The van der Waals surface area contributed by atoms with Crippen LogP contribution in [0, 0.1) is 0 Å². The van der Waals surface area contributed by atoms with Gasteiger partial charge < -0.3 is 0 Å². The SMILES string of the molecule is ClC(Cl)=C(Cl)c1cc(Cl)cc(CBr)c1. The predicted octanol–water partition coefficient (Wildman–Crippen LogP) is 5.58. The molecule has 0 N–H and O–H groups in total. The zero-order valence-electron chi connectivity index (χ0n) is 6.83. The number of benzene rings is 1. The van der Waals surface area contributed by atoms with Crippen LogP contribution in [-0.4, -0.2) is 0 Å². The van der Waals surface area contributed by atoms with Gasteiger partial charge in [-0.25, -0.2) is 0 Å². The molecule has 0 aliphatic carbocycles. The minimum absolute atomic E-state index is 0.0365. The molecule has 0 saturated carbocycles. The summed E-state index contributed by atoms with van der Waals surface area (Å²) in [5.74, 6) is 0. The first-order chi connectivity index (χ1) is 6.54. The fourth-order valence-corrected chi connectivity index (χ4v) is 1.87. The molecule has 0 radical (unpaired) electrons. The summed E-state index contributed by atoms with van der Waals surface area (Å²) in [5, 5.41) is 1.60. The average molecular weight is 335 g/mol. The third-order valence-corrected chi connectivity index (χ3v) is 3.38. The van der Waals surface area contributed by atoms with Crippen LogP contribution in [0.25, 0.3) is 5.03 Å². The highest BCUT2D eigenvalue weighted by Gasteiger charge is 2.05. The molecule has 1 rings (SSSR count). The minimum atomic E-state index is 0.0365. The van der Waals surface area contributed by atoms with Crippen LogP contribution >= 0.6 is 62.3 Å². The number of hydrogen-bond donors (Lipinski definition) is 0. The zero-order chi connectivity index (χ0) is 10.7. The molecule has 0 heterocycles. The van der Waals surface area contributed by atoms with Gasteiger partial charge in [0.1, 0.15) is 4.49 Å². The van der Waals surface area contributed by atoms with Gasteiger partial charge >= 0.3 is 0 Å². The van der Waals surface area contributed by atoms with Crippen LogP contribution in [-0.2, 0) is 5.33 Å². The van der Waals surface area contributed by atoms with Crippen LogP contribution in [0.2, 0.25) is 5.02 Å². The van der Waals surface area contributed by atoms with Gasteiger partial charge in [-0.3, -0.25) is 0 Å². The van der Waals surface area contributed by atoms with E-state index >= 15 is 0 Å². The highest BCUT2D eigenvalue weighted by molar-refractivity contribution is 9.08. The van der Waals surface area contributed by atoms with Crippen molar-refractivity contribution in [2.24, 2.45) is 0 Å². The second-order valence-corrected chi connectivity index (χ2v) is 4.88. The zero-order valence-corrected chi connectivity index (χ0v) is 11.4. The molecular formula is C9H5BrCl4. The van der Waals surface area contributed by atoms with Gasteiger partial charge in [0.15, 0.2) is 0 Å². The first-order valence-corrected chi connectivity index (χ1v) is 6.24. The molecular weight excluding hydrogens is 330 g/mol. The van der Waals surface area contributed by atoms with Crippen LogP contribution in [0.1, 0.15) is 11.1 Å². The second-order valence-electron chi connectivity index (χ2n) is 2.56. The molecule has 0 amide bonds. The lowest BCUT2D eigenvalue weighted by atomic mass is 10.1. The summed E-state index contributed by atoms with van der Waals surface area (Å²) < 4.78 is 0.0365. The van der Waals surface area contributed by atoms with Crippen LogP contribution in [0.15, 0.2) is 22.7 Å². The van der Waals surface area contributed by atoms with Gasteiger partial charge in [-0.2, -0.15) is 0 Å². The van der Waals surface area contributed by atoms with E-state index in [1.54, 1.807) is 6.07 Å². The number of rotatable bonds is 2. The van der Waals surface area contributed by atoms with E-state index in [-0.39, 0.29) is 4.49 Å². The van der Waals surface area contributed by atoms with Crippen molar-refractivity contribution in [3.63, 3.8) is 0 Å². The van der Waals surface area contributed by atoms with Gasteiger partial charge in [0.25, 0.3) is 0 Å². The molecule has 5 heteroatoms. The Morgan fingerprint density at radius 2 is 1.79 bits per heavy atom. The van der Waals surface area contributed by atoms with Crippen molar-refractivity contribution in [2.75, 3.05) is 0 Å². The number of halogens is 5. The quantitative estimate of drug-likeness (QED) is 0.619. The standard InChI is InChI=1S/C9H5BrCl4/c10-4-5-1-6(3-7(11)2-5)8(12)9(13)14/h1-3H,4H2. The molecule has 0 nitrogen and oxygen atoms in total. The smallest absolute Gasteiger partial charge is 0.0876 e. The maximum atomic E-state index is 5.89. The average Bonchev–Trinajstić information content (AvgIpc) is 2.15. The van der Waals surface area contributed by atoms with Crippen molar-refractivity contribution in [3.05, 3.63) is 38.8 Å². The summed E-state index contributed by atoms with van der Waals surface area (Å²) in [5.41, 5.74) is 1.73. The van der Waals surface area contributed by atoms with Gasteiger partial charge in [0.05, 0.1) is 5.03 Å². The molecule has 0 spiro atoms. The maximum Gasteiger partial charge on any atom is 0.126 e. The summed E-state index contributed by atoms with van der Waals surface area (Å²) in [4.78, 5) is 0. The molecule has 0 saturated heterocycles. The minimum Gasteiger partial charge on any atom is -0.0876 e. The molecule has 0 fully saturated rings. The van der Waals surface area contributed by atoms with E-state index in [0.717, 1.165) is 5.56 Å². The van der Waals surface area contributed by atoms with Gasteiger partial charge in [-0.05, 0) is 29.3 Å². The summed E-state index contributed by atoms with van der Waals surface area (Å²) in [6, 6.07) is 5.42. The highest BCUT2D eigenvalue weighted by Crippen LogP contribution is 2.30. The van der Waals surface area contributed by atoms with Crippen molar-refractivity contribution in [1.29, 1.82) is 0 Å². The van der Waals surface area contributed by atoms with E-state index in [0.29, 0.717) is 20.9 Å². The van der Waals surface area contributed by atoms with Crippen LogP contribution in [0.5, 0.6) is 0 Å². The normalized spacial score (nSPS) is 10.1. The van der Waals surface area contributed by atoms with E-state index in [1.165, 1.54) is 0 Å². The lowest BCUT2D eigenvalue weighted by Gasteiger charge is -2.03. The predicted molar refractivity (Wildman–Crippen MR) is 68.6 cm³/mol. The molecule has 0 aliphatic rings. The van der Waals surface area contributed by atoms with Gasteiger partial charge in [0.2, 0.25) is 0 Å². The van der Waals surface area contributed by atoms with E-state index in [9.17, 15) is 0 Å². The Morgan fingerprint density at radius 3 is 2.29 bits per heavy atom. The summed E-state index contributed by atoms with van der Waals surface area (Å²) in [6.45, 7) is 0. The van der Waals surface area contributed by atoms with Crippen molar-refractivity contribution >= 4 is 67.4 Å². The largest absolute Gasteiger partial charge is 0.126 e.